The van der Waals surface area contributed by atoms with Crippen molar-refractivity contribution in [2.45, 2.75) is 38.0 Å². The highest BCUT2D eigenvalue weighted by Gasteiger charge is 2.26. The minimum Gasteiger partial charge on any atom is -0.497 e. The zero-order valence-electron chi connectivity index (χ0n) is 14.8. The van der Waals surface area contributed by atoms with Gasteiger partial charge in [-0.05, 0) is 37.6 Å². The van der Waals surface area contributed by atoms with Crippen LogP contribution >= 0.6 is 0 Å². The van der Waals surface area contributed by atoms with E-state index in [4.69, 9.17) is 9.47 Å². The summed E-state index contributed by atoms with van der Waals surface area (Å²) in [6.07, 6.45) is 6.12. The first-order valence-corrected chi connectivity index (χ1v) is 8.67. The van der Waals surface area contributed by atoms with E-state index in [2.05, 4.69) is 15.0 Å². The van der Waals surface area contributed by atoms with Crippen molar-refractivity contribution < 1.29 is 14.6 Å². The molecule has 1 saturated heterocycles. The predicted octanol–water partition coefficient (Wildman–Crippen LogP) is 1.88. The molecule has 0 aliphatic carbocycles. The third-order valence-corrected chi connectivity index (χ3v) is 4.82. The standard InChI is InChI=1S/C18H26N4O3/c1-24-15-6-7-18(25-2)16(9-15)17(23)11-21-8-4-3-5-14(21)10-22-13-19-12-20-22/h6-7,9,12-14,17,23H,3-5,8,10-11H2,1-2H3. The van der Waals surface area contributed by atoms with Gasteiger partial charge < -0.3 is 14.6 Å². The Bertz CT molecular complexity index is 662. The molecule has 7 heteroatoms. The van der Waals surface area contributed by atoms with Gasteiger partial charge in [0.05, 0.1) is 26.9 Å². The van der Waals surface area contributed by atoms with E-state index < -0.39 is 6.10 Å². The molecular weight excluding hydrogens is 320 g/mol. The molecule has 2 aromatic rings. The third-order valence-electron chi connectivity index (χ3n) is 4.82. The number of likely N-dealkylation sites (tertiary alicyclic amines) is 1. The van der Waals surface area contributed by atoms with Crippen LogP contribution in [0.2, 0.25) is 0 Å². The van der Waals surface area contributed by atoms with Crippen LogP contribution in [0.4, 0.5) is 0 Å². The van der Waals surface area contributed by atoms with E-state index in [1.165, 1.54) is 6.42 Å². The fraction of sp³-hybridized carbons (Fsp3) is 0.556. The first-order valence-electron chi connectivity index (χ1n) is 8.67. The van der Waals surface area contributed by atoms with Crippen LogP contribution in [0.25, 0.3) is 0 Å². The zero-order valence-corrected chi connectivity index (χ0v) is 14.8. The van der Waals surface area contributed by atoms with Crippen LogP contribution in [0.3, 0.4) is 0 Å². The molecule has 0 amide bonds. The number of hydrogen-bond donors (Lipinski definition) is 1. The molecular formula is C18H26N4O3. The smallest absolute Gasteiger partial charge is 0.137 e. The van der Waals surface area contributed by atoms with Gasteiger partial charge in [0.15, 0.2) is 0 Å². The van der Waals surface area contributed by atoms with Crippen molar-refractivity contribution in [2.75, 3.05) is 27.3 Å². The lowest BCUT2D eigenvalue weighted by atomic mass is 10.00. The van der Waals surface area contributed by atoms with Crippen LogP contribution in [0.5, 0.6) is 11.5 Å². The van der Waals surface area contributed by atoms with Crippen LogP contribution in [-0.4, -0.2) is 58.1 Å². The largest absolute Gasteiger partial charge is 0.497 e. The lowest BCUT2D eigenvalue weighted by Gasteiger charge is -2.37. The van der Waals surface area contributed by atoms with Crippen LogP contribution < -0.4 is 9.47 Å². The molecule has 1 aliphatic rings. The van der Waals surface area contributed by atoms with Crippen molar-refractivity contribution in [1.29, 1.82) is 0 Å². The summed E-state index contributed by atoms with van der Waals surface area (Å²) >= 11 is 0. The van der Waals surface area contributed by atoms with Gasteiger partial charge in [-0.25, -0.2) is 4.98 Å². The van der Waals surface area contributed by atoms with Crippen molar-refractivity contribution >= 4 is 0 Å². The normalized spacial score (nSPS) is 19.6. The molecule has 1 aromatic carbocycles. The Balaban J connectivity index is 1.72. The first kappa shape index (κ1) is 17.7. The number of aliphatic hydroxyl groups is 1. The highest BCUT2D eigenvalue weighted by atomic mass is 16.5. The molecule has 2 unspecified atom stereocenters. The second-order valence-electron chi connectivity index (χ2n) is 6.39. The average Bonchev–Trinajstić information content (AvgIpc) is 3.15. The lowest BCUT2D eigenvalue weighted by Crippen LogP contribution is -2.44. The Labute approximate surface area is 148 Å². The maximum absolute atomic E-state index is 10.8. The summed E-state index contributed by atoms with van der Waals surface area (Å²) in [6, 6.07) is 5.87. The van der Waals surface area contributed by atoms with Gasteiger partial charge in [0, 0.05) is 18.2 Å². The van der Waals surface area contributed by atoms with Gasteiger partial charge in [-0.1, -0.05) is 6.42 Å². The van der Waals surface area contributed by atoms with E-state index in [9.17, 15) is 5.11 Å². The number of hydrogen-bond acceptors (Lipinski definition) is 6. The van der Waals surface area contributed by atoms with Gasteiger partial charge >= 0.3 is 0 Å². The molecule has 0 bridgehead atoms. The van der Waals surface area contributed by atoms with E-state index in [0.717, 1.165) is 31.5 Å². The molecule has 2 atom stereocenters. The van der Waals surface area contributed by atoms with Gasteiger partial charge in [0.1, 0.15) is 24.2 Å². The predicted molar refractivity (Wildman–Crippen MR) is 93.7 cm³/mol. The maximum Gasteiger partial charge on any atom is 0.137 e. The molecule has 136 valence electrons. The van der Waals surface area contributed by atoms with Crippen LogP contribution in [0, 0.1) is 0 Å². The summed E-state index contributed by atoms with van der Waals surface area (Å²) < 4.78 is 12.6. The lowest BCUT2D eigenvalue weighted by molar-refractivity contribution is 0.0578. The Hall–Kier alpha value is -2.12. The minimum atomic E-state index is -0.638. The maximum atomic E-state index is 10.8. The van der Waals surface area contributed by atoms with Crippen molar-refractivity contribution in [2.24, 2.45) is 0 Å². The van der Waals surface area contributed by atoms with E-state index in [0.29, 0.717) is 24.1 Å². The number of nitrogens with zero attached hydrogens (tertiary/aromatic N) is 4. The zero-order chi connectivity index (χ0) is 17.6. The number of aliphatic hydroxyl groups excluding tert-OH is 1. The average molecular weight is 346 g/mol. The summed E-state index contributed by atoms with van der Waals surface area (Å²) in [4.78, 5) is 6.36. The molecule has 0 radical (unpaired) electrons. The van der Waals surface area contributed by atoms with Crippen LogP contribution in [0.15, 0.2) is 30.9 Å². The molecule has 1 fully saturated rings. The SMILES string of the molecule is COc1ccc(OC)c(C(O)CN2CCCCC2Cn2cncn2)c1. The second kappa shape index (κ2) is 8.31. The summed E-state index contributed by atoms with van der Waals surface area (Å²) in [5.74, 6) is 1.39. The minimum absolute atomic E-state index is 0.349. The van der Waals surface area contributed by atoms with E-state index in [1.807, 2.05) is 22.9 Å². The van der Waals surface area contributed by atoms with E-state index in [1.54, 1.807) is 26.9 Å². The third kappa shape index (κ3) is 4.29. The van der Waals surface area contributed by atoms with Crippen molar-refractivity contribution in [3.05, 3.63) is 36.4 Å². The molecule has 7 nitrogen and oxygen atoms in total. The number of ether oxygens (including phenoxy) is 2. The molecule has 25 heavy (non-hydrogen) atoms. The molecule has 1 aliphatic heterocycles. The van der Waals surface area contributed by atoms with Crippen molar-refractivity contribution in [1.82, 2.24) is 19.7 Å². The van der Waals surface area contributed by atoms with Crippen molar-refractivity contribution in [3.8, 4) is 11.5 Å². The fourth-order valence-corrected chi connectivity index (χ4v) is 3.47. The highest BCUT2D eigenvalue weighted by molar-refractivity contribution is 5.41. The van der Waals surface area contributed by atoms with Crippen LogP contribution in [0.1, 0.15) is 30.9 Å². The quantitative estimate of drug-likeness (QED) is 0.825. The van der Waals surface area contributed by atoms with E-state index in [-0.39, 0.29) is 0 Å². The molecule has 1 N–H and O–H groups in total. The summed E-state index contributed by atoms with van der Waals surface area (Å²) in [5.41, 5.74) is 0.756. The van der Waals surface area contributed by atoms with Crippen molar-refractivity contribution in [3.63, 3.8) is 0 Å². The molecule has 0 saturated carbocycles. The fourth-order valence-electron chi connectivity index (χ4n) is 3.47. The molecule has 0 spiro atoms. The Morgan fingerprint density at radius 3 is 2.88 bits per heavy atom. The number of aromatic nitrogens is 3. The topological polar surface area (TPSA) is 72.6 Å². The monoisotopic (exact) mass is 346 g/mol. The Morgan fingerprint density at radius 2 is 2.16 bits per heavy atom. The Morgan fingerprint density at radius 1 is 1.28 bits per heavy atom. The van der Waals surface area contributed by atoms with E-state index >= 15 is 0 Å². The number of piperidine rings is 1. The van der Waals surface area contributed by atoms with Gasteiger partial charge in [0.25, 0.3) is 0 Å². The van der Waals surface area contributed by atoms with Crippen LogP contribution in [-0.2, 0) is 6.54 Å². The van der Waals surface area contributed by atoms with Gasteiger partial charge in [-0.15, -0.1) is 0 Å². The number of methoxy groups -OCH3 is 2. The number of benzene rings is 1. The van der Waals surface area contributed by atoms with Gasteiger partial charge in [-0.3, -0.25) is 9.58 Å². The molecule has 3 rings (SSSR count). The molecule has 2 heterocycles. The van der Waals surface area contributed by atoms with Gasteiger partial charge in [0.2, 0.25) is 0 Å². The summed E-state index contributed by atoms with van der Waals surface area (Å²) in [5, 5.41) is 15.0. The number of β-amino-alcohol motifs (C(OH)–C–C–N with tert-alkyl or cyclic N) is 1. The second-order valence-corrected chi connectivity index (χ2v) is 6.39. The molecule has 1 aromatic heterocycles. The highest BCUT2D eigenvalue weighted by Crippen LogP contribution is 2.31. The summed E-state index contributed by atoms with van der Waals surface area (Å²) in [7, 11) is 3.24. The van der Waals surface area contributed by atoms with Gasteiger partial charge in [-0.2, -0.15) is 5.10 Å². The first-order chi connectivity index (χ1) is 12.2. The summed E-state index contributed by atoms with van der Waals surface area (Å²) in [6.45, 7) is 2.33. The number of rotatable bonds is 7. The Kier molecular flexibility index (Phi) is 5.88.